The molecule has 1 aromatic carbocycles. The van der Waals surface area contributed by atoms with Gasteiger partial charge in [0.05, 0.1) is 17.9 Å². The third kappa shape index (κ3) is 4.16. The van der Waals surface area contributed by atoms with E-state index in [1.165, 1.54) is 6.20 Å². The van der Waals surface area contributed by atoms with Gasteiger partial charge in [-0.2, -0.15) is 0 Å². The normalized spacial score (nSPS) is 21.1. The molecule has 0 saturated carbocycles. The molecule has 7 heteroatoms. The molecule has 3 rings (SSSR count). The van der Waals surface area contributed by atoms with E-state index >= 15 is 0 Å². The maximum absolute atomic E-state index is 14.1. The molecule has 0 spiro atoms. The molecule has 0 radical (unpaired) electrons. The number of benzene rings is 1. The van der Waals surface area contributed by atoms with E-state index in [-0.39, 0.29) is 30.0 Å². The monoisotopic (exact) mass is 390 g/mol. The fraction of sp³-hybridized carbons (Fsp3) is 0.400. The standard InChI is InChI=1S/C20H24ClFN4O/c1-13-11-25(19-8-9-23-10-18(19)22)12-14(2)26(13)20(27)24-15(3)16-6-4-5-7-17(16)21/h4-10,13-15H,11-12H2,1-3H3,(H,24,27)/t13-,14-,15-/m1/s1. The summed E-state index contributed by atoms with van der Waals surface area (Å²) in [5.41, 5.74) is 1.40. The van der Waals surface area contributed by atoms with Gasteiger partial charge in [0.2, 0.25) is 0 Å². The van der Waals surface area contributed by atoms with Gasteiger partial charge in [-0.1, -0.05) is 29.8 Å². The first-order valence-electron chi connectivity index (χ1n) is 9.06. The number of carbonyl (C=O) groups is 1. The Hall–Kier alpha value is -2.34. The van der Waals surface area contributed by atoms with Gasteiger partial charge in [-0.05, 0) is 38.5 Å². The second kappa shape index (κ2) is 8.13. The lowest BCUT2D eigenvalue weighted by Gasteiger charge is -2.45. The van der Waals surface area contributed by atoms with E-state index in [2.05, 4.69) is 10.3 Å². The van der Waals surface area contributed by atoms with Crippen molar-refractivity contribution in [2.24, 2.45) is 0 Å². The number of nitrogens with zero attached hydrogens (tertiary/aromatic N) is 3. The Morgan fingerprint density at radius 2 is 1.93 bits per heavy atom. The van der Waals surface area contributed by atoms with Gasteiger partial charge in [-0.25, -0.2) is 9.18 Å². The lowest BCUT2D eigenvalue weighted by molar-refractivity contribution is 0.139. The largest absolute Gasteiger partial charge is 0.365 e. The van der Waals surface area contributed by atoms with Crippen LogP contribution >= 0.6 is 11.6 Å². The lowest BCUT2D eigenvalue weighted by atomic mass is 10.1. The molecule has 1 N–H and O–H groups in total. The number of anilines is 1. The fourth-order valence-electron chi connectivity index (χ4n) is 3.71. The van der Waals surface area contributed by atoms with Gasteiger partial charge >= 0.3 is 6.03 Å². The number of halogens is 2. The van der Waals surface area contributed by atoms with Crippen LogP contribution in [0.4, 0.5) is 14.9 Å². The summed E-state index contributed by atoms with van der Waals surface area (Å²) in [6.07, 6.45) is 2.80. The van der Waals surface area contributed by atoms with Gasteiger partial charge in [0.15, 0.2) is 5.82 Å². The van der Waals surface area contributed by atoms with E-state index in [9.17, 15) is 9.18 Å². The number of hydrogen-bond donors (Lipinski definition) is 1. The predicted octanol–water partition coefficient (Wildman–Crippen LogP) is 4.24. The van der Waals surface area contributed by atoms with Crippen molar-refractivity contribution < 1.29 is 9.18 Å². The molecule has 2 heterocycles. The summed E-state index contributed by atoms with van der Waals surface area (Å²) in [4.78, 5) is 20.5. The van der Waals surface area contributed by atoms with E-state index < -0.39 is 0 Å². The Morgan fingerprint density at radius 3 is 2.56 bits per heavy atom. The highest BCUT2D eigenvalue weighted by Crippen LogP contribution is 2.26. The average Bonchev–Trinajstić information content (AvgIpc) is 2.61. The quantitative estimate of drug-likeness (QED) is 0.852. The van der Waals surface area contributed by atoms with E-state index in [0.717, 1.165) is 5.56 Å². The van der Waals surface area contributed by atoms with Crippen molar-refractivity contribution >= 4 is 23.3 Å². The van der Waals surface area contributed by atoms with Crippen LogP contribution in [0.15, 0.2) is 42.7 Å². The Kier molecular flexibility index (Phi) is 5.85. The summed E-state index contributed by atoms with van der Waals surface area (Å²) < 4.78 is 14.1. The van der Waals surface area contributed by atoms with Crippen molar-refractivity contribution in [3.8, 4) is 0 Å². The third-order valence-corrected chi connectivity index (χ3v) is 5.30. The Bertz CT molecular complexity index is 806. The van der Waals surface area contributed by atoms with Crippen LogP contribution in [0.5, 0.6) is 0 Å². The Morgan fingerprint density at radius 1 is 1.26 bits per heavy atom. The molecular weight excluding hydrogens is 367 g/mol. The molecule has 1 fully saturated rings. The Balaban J connectivity index is 1.70. The van der Waals surface area contributed by atoms with Crippen molar-refractivity contribution in [2.75, 3.05) is 18.0 Å². The molecule has 0 unspecified atom stereocenters. The summed E-state index contributed by atoms with van der Waals surface area (Å²) >= 11 is 6.24. The topological polar surface area (TPSA) is 48.5 Å². The first-order valence-corrected chi connectivity index (χ1v) is 9.44. The summed E-state index contributed by atoms with van der Waals surface area (Å²) in [6, 6.07) is 8.67. The van der Waals surface area contributed by atoms with Crippen LogP contribution in [0, 0.1) is 5.82 Å². The van der Waals surface area contributed by atoms with Crippen LogP contribution in [0.1, 0.15) is 32.4 Å². The fourth-order valence-corrected chi connectivity index (χ4v) is 4.01. The molecule has 1 aromatic heterocycles. The zero-order valence-corrected chi connectivity index (χ0v) is 16.4. The summed E-state index contributed by atoms with van der Waals surface area (Å²) in [7, 11) is 0. The average molecular weight is 391 g/mol. The molecule has 1 saturated heterocycles. The van der Waals surface area contributed by atoms with Crippen molar-refractivity contribution in [1.82, 2.24) is 15.2 Å². The maximum atomic E-state index is 14.1. The molecule has 5 nitrogen and oxygen atoms in total. The highest BCUT2D eigenvalue weighted by Gasteiger charge is 2.34. The number of nitrogens with one attached hydrogen (secondary N) is 1. The molecule has 144 valence electrons. The first-order chi connectivity index (χ1) is 12.9. The number of aromatic nitrogens is 1. The van der Waals surface area contributed by atoms with Crippen molar-refractivity contribution in [3.05, 3.63) is 59.1 Å². The van der Waals surface area contributed by atoms with Gasteiger partial charge in [-0.15, -0.1) is 0 Å². The smallest absolute Gasteiger partial charge is 0.318 e. The minimum Gasteiger partial charge on any atom is -0.365 e. The van der Waals surface area contributed by atoms with Gasteiger partial charge < -0.3 is 15.1 Å². The lowest BCUT2D eigenvalue weighted by Crippen LogP contribution is -2.61. The molecule has 0 bridgehead atoms. The second-order valence-corrected chi connectivity index (χ2v) is 7.44. The molecular formula is C20H24ClFN4O. The molecule has 0 aliphatic carbocycles. The summed E-state index contributed by atoms with van der Waals surface area (Å²) in [5, 5.41) is 3.66. The minimum atomic E-state index is -0.345. The number of piperazine rings is 1. The summed E-state index contributed by atoms with van der Waals surface area (Å²) in [5.74, 6) is -0.345. The molecule has 2 amide bonds. The number of urea groups is 1. The van der Waals surface area contributed by atoms with Gasteiger partial charge in [-0.3, -0.25) is 4.98 Å². The number of hydrogen-bond acceptors (Lipinski definition) is 3. The predicted molar refractivity (Wildman–Crippen MR) is 106 cm³/mol. The SMILES string of the molecule is C[C@@H]1CN(c2ccncc2F)C[C@@H](C)N1C(=O)N[C@H](C)c1ccccc1Cl. The zero-order chi connectivity index (χ0) is 19.6. The summed E-state index contributed by atoms with van der Waals surface area (Å²) in [6.45, 7) is 6.97. The highest BCUT2D eigenvalue weighted by atomic mass is 35.5. The molecule has 3 atom stereocenters. The molecule has 1 aliphatic rings. The maximum Gasteiger partial charge on any atom is 0.318 e. The van der Waals surface area contributed by atoms with Crippen molar-refractivity contribution in [1.29, 1.82) is 0 Å². The van der Waals surface area contributed by atoms with E-state index in [4.69, 9.17) is 11.6 Å². The number of pyridine rings is 1. The van der Waals surface area contributed by atoms with Gasteiger partial charge in [0.1, 0.15) is 0 Å². The molecule has 27 heavy (non-hydrogen) atoms. The first kappa shape index (κ1) is 19.4. The van der Waals surface area contributed by atoms with Crippen LogP contribution in [-0.4, -0.2) is 41.1 Å². The van der Waals surface area contributed by atoms with Crippen LogP contribution in [0.3, 0.4) is 0 Å². The van der Waals surface area contributed by atoms with Crippen molar-refractivity contribution in [3.63, 3.8) is 0 Å². The molecule has 1 aliphatic heterocycles. The van der Waals surface area contributed by atoms with E-state index in [1.54, 1.807) is 12.3 Å². The Labute approximate surface area is 164 Å². The minimum absolute atomic E-state index is 0.0697. The van der Waals surface area contributed by atoms with E-state index in [0.29, 0.717) is 23.8 Å². The number of carbonyl (C=O) groups excluding carboxylic acids is 1. The molecule has 2 aromatic rings. The highest BCUT2D eigenvalue weighted by molar-refractivity contribution is 6.31. The van der Waals surface area contributed by atoms with Crippen LogP contribution in [-0.2, 0) is 0 Å². The van der Waals surface area contributed by atoms with Gasteiger partial charge in [0, 0.05) is 36.4 Å². The van der Waals surface area contributed by atoms with E-state index in [1.807, 2.05) is 54.8 Å². The zero-order valence-electron chi connectivity index (χ0n) is 15.7. The van der Waals surface area contributed by atoms with Crippen LogP contribution < -0.4 is 10.2 Å². The second-order valence-electron chi connectivity index (χ2n) is 7.03. The number of amides is 2. The van der Waals surface area contributed by atoms with Crippen LogP contribution in [0.25, 0.3) is 0 Å². The van der Waals surface area contributed by atoms with Gasteiger partial charge in [0.25, 0.3) is 0 Å². The van der Waals surface area contributed by atoms with Crippen molar-refractivity contribution in [2.45, 2.75) is 38.9 Å². The number of rotatable bonds is 3. The third-order valence-electron chi connectivity index (χ3n) is 4.96. The van der Waals surface area contributed by atoms with Crippen LogP contribution in [0.2, 0.25) is 5.02 Å².